The Kier molecular flexibility index (Phi) is 5.38. The molecule has 2 aromatic rings. The summed E-state index contributed by atoms with van der Waals surface area (Å²) >= 11 is 1.51. The summed E-state index contributed by atoms with van der Waals surface area (Å²) in [5.74, 6) is 0.474. The van der Waals surface area contributed by atoms with E-state index in [1.165, 1.54) is 11.3 Å². The number of carbonyl (C=O) groups excluding carboxylic acids is 1. The molecular formula is C15H21N3O4S. The maximum Gasteiger partial charge on any atom is 0.407 e. The van der Waals surface area contributed by atoms with Crippen molar-refractivity contribution in [1.82, 2.24) is 15.5 Å². The largest absolute Gasteiger partial charge is 0.444 e. The van der Waals surface area contributed by atoms with Crippen LogP contribution in [0.1, 0.15) is 46.0 Å². The molecule has 0 saturated carbocycles. The lowest BCUT2D eigenvalue weighted by atomic mass is 10.1. The molecule has 2 atom stereocenters. The number of alkyl carbamates (subject to hydrolysis) is 1. The van der Waals surface area contributed by atoms with Gasteiger partial charge in [-0.05, 0) is 38.6 Å². The van der Waals surface area contributed by atoms with E-state index in [-0.39, 0.29) is 5.82 Å². The number of carbonyl (C=O) groups is 1. The minimum absolute atomic E-state index is 0.133. The van der Waals surface area contributed by atoms with E-state index < -0.39 is 23.8 Å². The molecule has 0 aliphatic rings. The normalized spacial score (nSPS) is 14.3. The highest BCUT2D eigenvalue weighted by molar-refractivity contribution is 7.08. The van der Waals surface area contributed by atoms with Gasteiger partial charge in [-0.2, -0.15) is 16.3 Å². The Hall–Kier alpha value is -1.93. The van der Waals surface area contributed by atoms with Crippen LogP contribution < -0.4 is 5.32 Å². The van der Waals surface area contributed by atoms with Crippen molar-refractivity contribution < 1.29 is 19.2 Å². The van der Waals surface area contributed by atoms with Crippen LogP contribution >= 0.6 is 11.3 Å². The fraction of sp³-hybridized carbons (Fsp3) is 0.533. The Morgan fingerprint density at radius 1 is 1.52 bits per heavy atom. The van der Waals surface area contributed by atoms with Crippen LogP contribution in [0.4, 0.5) is 4.79 Å². The minimum Gasteiger partial charge on any atom is -0.444 e. The molecule has 1 unspecified atom stereocenters. The van der Waals surface area contributed by atoms with E-state index in [1.807, 2.05) is 23.8 Å². The second-order valence-electron chi connectivity index (χ2n) is 6.08. The summed E-state index contributed by atoms with van der Waals surface area (Å²) in [6.45, 7) is 7.16. The van der Waals surface area contributed by atoms with E-state index in [0.29, 0.717) is 12.3 Å². The lowest BCUT2D eigenvalue weighted by Crippen LogP contribution is -2.42. The first-order chi connectivity index (χ1) is 10.8. The summed E-state index contributed by atoms with van der Waals surface area (Å²) in [5.41, 5.74) is 0.195. The molecule has 1 amide bonds. The van der Waals surface area contributed by atoms with Crippen molar-refractivity contribution in [2.24, 2.45) is 0 Å². The first-order valence-corrected chi connectivity index (χ1v) is 8.28. The standard InChI is InChI=1S/C15H21N3O4S/c1-5-10(16-14(20)21-15(2,3)4)11(19)12-17-13(22-18-12)9-6-7-23-8-9/h6-8,10-11,19H,5H2,1-4H3,(H,16,20)/t10-,11?/m0/s1. The van der Waals surface area contributed by atoms with E-state index in [9.17, 15) is 9.90 Å². The Morgan fingerprint density at radius 2 is 2.26 bits per heavy atom. The summed E-state index contributed by atoms with van der Waals surface area (Å²) in [4.78, 5) is 16.0. The third kappa shape index (κ3) is 4.77. The number of ether oxygens (including phenoxy) is 1. The maximum atomic E-state index is 11.8. The lowest BCUT2D eigenvalue weighted by molar-refractivity contribution is 0.0406. The highest BCUT2D eigenvalue weighted by Crippen LogP contribution is 2.23. The molecule has 23 heavy (non-hydrogen) atoms. The highest BCUT2D eigenvalue weighted by Gasteiger charge is 2.28. The third-order valence-electron chi connectivity index (χ3n) is 3.00. The van der Waals surface area contributed by atoms with Crippen molar-refractivity contribution in [1.29, 1.82) is 0 Å². The molecule has 0 radical (unpaired) electrons. The van der Waals surface area contributed by atoms with Crippen molar-refractivity contribution in [2.45, 2.75) is 51.9 Å². The van der Waals surface area contributed by atoms with Gasteiger partial charge in [0.25, 0.3) is 5.89 Å². The lowest BCUT2D eigenvalue weighted by Gasteiger charge is -2.24. The predicted molar refractivity (Wildman–Crippen MR) is 86.0 cm³/mol. The van der Waals surface area contributed by atoms with Gasteiger partial charge in [0.2, 0.25) is 5.82 Å². The van der Waals surface area contributed by atoms with Crippen LogP contribution in [0.25, 0.3) is 11.5 Å². The molecule has 2 rings (SSSR count). The van der Waals surface area contributed by atoms with E-state index in [4.69, 9.17) is 9.26 Å². The minimum atomic E-state index is -1.08. The molecule has 0 bridgehead atoms. The molecule has 0 spiro atoms. The van der Waals surface area contributed by atoms with Gasteiger partial charge in [0, 0.05) is 5.38 Å². The molecule has 126 valence electrons. The van der Waals surface area contributed by atoms with Crippen molar-refractivity contribution >= 4 is 17.4 Å². The van der Waals surface area contributed by atoms with E-state index in [0.717, 1.165) is 5.56 Å². The zero-order chi connectivity index (χ0) is 17.0. The molecule has 8 heteroatoms. The number of thiophene rings is 1. The monoisotopic (exact) mass is 339 g/mol. The van der Waals surface area contributed by atoms with Crippen LogP contribution in [0.2, 0.25) is 0 Å². The Balaban J connectivity index is 2.05. The average Bonchev–Trinajstić information content (AvgIpc) is 3.11. The van der Waals surface area contributed by atoms with Crippen LogP contribution in [0.15, 0.2) is 21.3 Å². The van der Waals surface area contributed by atoms with Crippen molar-refractivity contribution in [3.63, 3.8) is 0 Å². The van der Waals surface area contributed by atoms with Gasteiger partial charge in [0.05, 0.1) is 11.6 Å². The number of hydrogen-bond donors (Lipinski definition) is 2. The molecule has 0 aliphatic heterocycles. The number of aromatic nitrogens is 2. The van der Waals surface area contributed by atoms with E-state index in [1.54, 1.807) is 20.8 Å². The van der Waals surface area contributed by atoms with Gasteiger partial charge < -0.3 is 19.7 Å². The first-order valence-electron chi connectivity index (χ1n) is 7.34. The third-order valence-corrected chi connectivity index (χ3v) is 3.68. The number of hydrogen-bond acceptors (Lipinski definition) is 7. The average molecular weight is 339 g/mol. The second-order valence-corrected chi connectivity index (χ2v) is 6.86. The van der Waals surface area contributed by atoms with Crippen molar-refractivity contribution in [2.75, 3.05) is 0 Å². The summed E-state index contributed by atoms with van der Waals surface area (Å²) in [7, 11) is 0. The molecule has 2 aromatic heterocycles. The quantitative estimate of drug-likeness (QED) is 0.868. The predicted octanol–water partition coefficient (Wildman–Crippen LogP) is 3.13. The Bertz CT molecular complexity index is 633. The van der Waals surface area contributed by atoms with Gasteiger partial charge in [-0.15, -0.1) is 0 Å². The van der Waals surface area contributed by atoms with Gasteiger partial charge in [0.1, 0.15) is 11.7 Å². The van der Waals surface area contributed by atoms with E-state index >= 15 is 0 Å². The molecular weight excluding hydrogens is 318 g/mol. The number of amides is 1. The van der Waals surface area contributed by atoms with Crippen LogP contribution in [-0.4, -0.2) is 33.0 Å². The fourth-order valence-electron chi connectivity index (χ4n) is 1.90. The maximum absolute atomic E-state index is 11.8. The van der Waals surface area contributed by atoms with Gasteiger partial charge in [0.15, 0.2) is 0 Å². The van der Waals surface area contributed by atoms with Gasteiger partial charge in [-0.25, -0.2) is 4.79 Å². The zero-order valence-corrected chi connectivity index (χ0v) is 14.4. The molecule has 2 heterocycles. The summed E-state index contributed by atoms with van der Waals surface area (Å²) in [5, 5.41) is 20.6. The first kappa shape index (κ1) is 17.4. The molecule has 0 aliphatic carbocycles. The smallest absolute Gasteiger partial charge is 0.407 e. The van der Waals surface area contributed by atoms with E-state index in [2.05, 4.69) is 15.5 Å². The molecule has 0 saturated heterocycles. The van der Waals surface area contributed by atoms with Crippen LogP contribution in [0.5, 0.6) is 0 Å². The Morgan fingerprint density at radius 3 is 2.83 bits per heavy atom. The Labute approximate surface area is 138 Å². The molecule has 7 nitrogen and oxygen atoms in total. The summed E-state index contributed by atoms with van der Waals surface area (Å²) in [6, 6.07) is 1.28. The van der Waals surface area contributed by atoms with Gasteiger partial charge in [-0.1, -0.05) is 12.1 Å². The zero-order valence-electron chi connectivity index (χ0n) is 13.6. The summed E-state index contributed by atoms with van der Waals surface area (Å²) < 4.78 is 10.3. The van der Waals surface area contributed by atoms with Gasteiger partial charge >= 0.3 is 6.09 Å². The number of aliphatic hydroxyl groups is 1. The topological polar surface area (TPSA) is 97.5 Å². The van der Waals surface area contributed by atoms with Crippen molar-refractivity contribution in [3.8, 4) is 11.5 Å². The van der Waals surface area contributed by atoms with Gasteiger partial charge in [-0.3, -0.25) is 0 Å². The summed E-state index contributed by atoms with van der Waals surface area (Å²) in [6.07, 6.45) is -1.18. The molecule has 2 N–H and O–H groups in total. The SMILES string of the molecule is CC[C@H](NC(=O)OC(C)(C)C)C(O)c1noc(-c2ccsc2)n1. The molecule has 0 aromatic carbocycles. The molecule has 0 fully saturated rings. The number of aliphatic hydroxyl groups excluding tert-OH is 1. The van der Waals surface area contributed by atoms with Crippen molar-refractivity contribution in [3.05, 3.63) is 22.7 Å². The number of nitrogens with one attached hydrogen (secondary N) is 1. The van der Waals surface area contributed by atoms with Crippen LogP contribution in [0, 0.1) is 0 Å². The number of rotatable bonds is 5. The highest BCUT2D eigenvalue weighted by atomic mass is 32.1. The number of nitrogens with zero attached hydrogens (tertiary/aromatic N) is 2. The second kappa shape index (κ2) is 7.10. The van der Waals surface area contributed by atoms with Crippen LogP contribution in [-0.2, 0) is 4.74 Å². The van der Waals surface area contributed by atoms with Crippen LogP contribution in [0.3, 0.4) is 0 Å². The fourth-order valence-corrected chi connectivity index (χ4v) is 2.53.